The zero-order valence-corrected chi connectivity index (χ0v) is 74.0. The van der Waals surface area contributed by atoms with Gasteiger partial charge in [0.25, 0.3) is 0 Å². The standard InChI is InChI=1S/2C45H29NO2.C36H21NO2/c1-45(2)37-22-26(28-13-9-14-34-32-11-4-8-17-42(32)48-44(28)34)18-20-29(37)30-21-19-27(23-38(30)45)46-39-15-6-3-10-31(39)35-24-36-33-12-5-7-16-41(33)47-43(36)25-40(35)46;1-45(2)37-22-27(26-16-20-43-35(21-26)32-10-4-7-13-41(32)47-43)15-18-29(37)30-19-17-28(23-38(30)45)46-39-12-6-3-9-31(39)34-24-36-33-11-5-8-14-42(33)48-44(36)25-40(34)46;1-4-10-31-25(7-1)28-20-30-27-9-3-6-12-34(27)39-36(30)21-32(28)37(31)24-16-13-22(14-17-24)23-15-18-35-29(19-23)26-8-2-5-11-33(26)38-35/h2*3-25H,1-2H3;1-21H. The molecule has 20 aromatic carbocycles. The second-order valence-electron chi connectivity index (χ2n) is 37.6. The molecule has 2 aliphatic carbocycles. The Bertz CT molecular complexity index is 10200. The number of para-hydroxylation sites is 10. The Morgan fingerprint density at radius 1 is 0.156 bits per heavy atom. The summed E-state index contributed by atoms with van der Waals surface area (Å²) in [5.74, 6) is 0. The summed E-state index contributed by atoms with van der Waals surface area (Å²) >= 11 is 0. The van der Waals surface area contributed by atoms with E-state index < -0.39 is 0 Å². The Hall–Kier alpha value is -17.4. The van der Waals surface area contributed by atoms with Gasteiger partial charge in [0.2, 0.25) is 0 Å². The Labute approximate surface area is 771 Å². The van der Waals surface area contributed by atoms with Gasteiger partial charge in [0.05, 0.1) is 33.1 Å². The average Bonchev–Trinajstić information content (AvgIpc) is 1.56. The number of aromatic nitrogens is 3. The summed E-state index contributed by atoms with van der Waals surface area (Å²) in [6.45, 7) is 9.44. The van der Waals surface area contributed by atoms with Crippen LogP contribution in [0.25, 0.3) is 270 Å². The van der Waals surface area contributed by atoms with Crippen molar-refractivity contribution >= 4 is 197 Å². The molecule has 29 aromatic rings. The lowest BCUT2D eigenvalue weighted by atomic mass is 9.81. The van der Waals surface area contributed by atoms with Crippen molar-refractivity contribution in [3.8, 4) is 72.7 Å². The molecular weight excluding hydrogens is 1650 g/mol. The molecule has 9 heterocycles. The Kier molecular flexibility index (Phi) is 15.7. The van der Waals surface area contributed by atoms with Crippen LogP contribution < -0.4 is 0 Å². The summed E-state index contributed by atoms with van der Waals surface area (Å²) in [5, 5.41) is 21.2. The predicted molar refractivity (Wildman–Crippen MR) is 557 cm³/mol. The van der Waals surface area contributed by atoms with Crippen molar-refractivity contribution in [3.63, 3.8) is 0 Å². The lowest BCUT2D eigenvalue weighted by Gasteiger charge is -2.23. The van der Waals surface area contributed by atoms with Crippen LogP contribution in [0.15, 0.2) is 433 Å². The molecule has 0 fully saturated rings. The molecule has 135 heavy (non-hydrogen) atoms. The molecule has 31 rings (SSSR count). The number of hydrogen-bond acceptors (Lipinski definition) is 6. The van der Waals surface area contributed by atoms with Crippen molar-refractivity contribution in [1.82, 2.24) is 13.7 Å². The van der Waals surface area contributed by atoms with Gasteiger partial charge in [0, 0.05) is 149 Å². The van der Waals surface area contributed by atoms with E-state index in [1.165, 1.54) is 121 Å². The minimum Gasteiger partial charge on any atom is -0.456 e. The molecule has 9 aromatic heterocycles. The summed E-state index contributed by atoms with van der Waals surface area (Å²) in [5.41, 5.74) is 38.8. The van der Waals surface area contributed by atoms with Crippen LogP contribution in [0.1, 0.15) is 49.9 Å². The lowest BCUT2D eigenvalue weighted by Crippen LogP contribution is -2.15. The Balaban J connectivity index is 0.0000000990. The number of furan rings is 6. The monoisotopic (exact) mass is 1730 g/mol. The summed E-state index contributed by atoms with van der Waals surface area (Å²) in [7, 11) is 0. The zero-order valence-electron chi connectivity index (χ0n) is 74.0. The van der Waals surface area contributed by atoms with Crippen LogP contribution in [0.3, 0.4) is 0 Å². The van der Waals surface area contributed by atoms with E-state index in [2.05, 4.69) is 393 Å². The highest BCUT2D eigenvalue weighted by molar-refractivity contribution is 6.22. The maximum absolute atomic E-state index is 6.43. The molecule has 634 valence electrons. The first-order valence-electron chi connectivity index (χ1n) is 46.4. The van der Waals surface area contributed by atoms with Crippen LogP contribution in [0, 0.1) is 0 Å². The highest BCUT2D eigenvalue weighted by Crippen LogP contribution is 2.55. The van der Waals surface area contributed by atoms with E-state index in [9.17, 15) is 0 Å². The van der Waals surface area contributed by atoms with Crippen molar-refractivity contribution in [1.29, 1.82) is 0 Å². The lowest BCUT2D eigenvalue weighted by molar-refractivity contribution is 0.659. The van der Waals surface area contributed by atoms with Crippen LogP contribution in [-0.4, -0.2) is 13.7 Å². The van der Waals surface area contributed by atoms with Crippen LogP contribution in [-0.2, 0) is 10.8 Å². The highest BCUT2D eigenvalue weighted by atomic mass is 16.3. The predicted octanol–water partition coefficient (Wildman–Crippen LogP) is 35.4. The molecule has 0 amide bonds. The average molecular weight is 1730 g/mol. The molecule has 0 radical (unpaired) electrons. The molecule has 0 unspecified atom stereocenters. The minimum atomic E-state index is -0.191. The van der Waals surface area contributed by atoms with Gasteiger partial charge in [-0.05, 0) is 218 Å². The van der Waals surface area contributed by atoms with Crippen molar-refractivity contribution < 1.29 is 26.5 Å². The molecule has 0 saturated heterocycles. The van der Waals surface area contributed by atoms with E-state index in [0.29, 0.717) is 0 Å². The number of benzene rings is 20. The Morgan fingerprint density at radius 2 is 0.430 bits per heavy atom. The number of nitrogens with zero attached hydrogens (tertiary/aromatic N) is 3. The van der Waals surface area contributed by atoms with Gasteiger partial charge in [0.1, 0.15) is 67.0 Å². The highest BCUT2D eigenvalue weighted by Gasteiger charge is 2.39. The van der Waals surface area contributed by atoms with E-state index in [1.54, 1.807) is 0 Å². The smallest absolute Gasteiger partial charge is 0.143 e. The normalized spacial score (nSPS) is 13.3. The third kappa shape index (κ3) is 11.1. The topological polar surface area (TPSA) is 93.6 Å². The maximum atomic E-state index is 6.43. The summed E-state index contributed by atoms with van der Waals surface area (Å²) in [4.78, 5) is 0. The summed E-state index contributed by atoms with van der Waals surface area (Å²) in [6.07, 6.45) is 0. The SMILES string of the molecule is CC1(C)c2cc(-c3ccc4oc5ccccc5c4c3)ccc2-c2ccc(-n3c4ccccc4c4cc5c(cc43)oc3ccccc35)cc21.CC1(C)c2cc(-c3cccc4c3oc3ccccc34)ccc2-c2ccc(-n3c4ccccc4c4cc5c(cc43)oc3ccccc35)cc21.c1ccc2c(c1)oc1ccc(-c3ccc(-n4c5ccccc5c5cc6c(cc54)oc4ccccc46)cc3)cc12. The first-order valence-corrected chi connectivity index (χ1v) is 46.4. The van der Waals surface area contributed by atoms with Crippen molar-refractivity contribution in [2.45, 2.75) is 38.5 Å². The fourth-order valence-corrected chi connectivity index (χ4v) is 23.1. The van der Waals surface area contributed by atoms with Crippen LogP contribution in [0.2, 0.25) is 0 Å². The molecule has 0 N–H and O–H groups in total. The van der Waals surface area contributed by atoms with Crippen molar-refractivity contribution in [2.24, 2.45) is 0 Å². The molecule has 0 saturated carbocycles. The zero-order chi connectivity index (χ0) is 89.0. The van der Waals surface area contributed by atoms with E-state index in [0.717, 1.165) is 171 Å². The van der Waals surface area contributed by atoms with Crippen molar-refractivity contribution in [2.75, 3.05) is 0 Å². The first-order chi connectivity index (χ1) is 66.4. The molecule has 9 heteroatoms. The third-order valence-electron chi connectivity index (χ3n) is 29.6. The fourth-order valence-electron chi connectivity index (χ4n) is 23.1. The van der Waals surface area contributed by atoms with Crippen LogP contribution in [0.5, 0.6) is 0 Å². The van der Waals surface area contributed by atoms with Gasteiger partial charge in [-0.25, -0.2) is 0 Å². The maximum Gasteiger partial charge on any atom is 0.143 e. The second-order valence-corrected chi connectivity index (χ2v) is 37.6. The van der Waals surface area contributed by atoms with E-state index in [1.807, 2.05) is 54.6 Å². The molecule has 2 aliphatic rings. The van der Waals surface area contributed by atoms with E-state index >= 15 is 0 Å². The Morgan fingerprint density at radius 3 is 0.844 bits per heavy atom. The molecule has 0 aliphatic heterocycles. The minimum absolute atomic E-state index is 0.173. The quantitative estimate of drug-likeness (QED) is 0.165. The van der Waals surface area contributed by atoms with Gasteiger partial charge in [-0.3, -0.25) is 0 Å². The number of rotatable bonds is 6. The number of fused-ring (bicyclic) bond motifs is 33. The van der Waals surface area contributed by atoms with Gasteiger partial charge >= 0.3 is 0 Å². The largest absolute Gasteiger partial charge is 0.456 e. The van der Waals surface area contributed by atoms with E-state index in [4.69, 9.17) is 26.5 Å². The van der Waals surface area contributed by atoms with Gasteiger partial charge in [-0.15, -0.1) is 0 Å². The third-order valence-corrected chi connectivity index (χ3v) is 29.6. The summed E-state index contributed by atoms with van der Waals surface area (Å²) < 4.78 is 44.7. The van der Waals surface area contributed by atoms with Gasteiger partial charge in [0.15, 0.2) is 0 Å². The molecule has 9 nitrogen and oxygen atoms in total. The van der Waals surface area contributed by atoms with Gasteiger partial charge < -0.3 is 40.2 Å². The van der Waals surface area contributed by atoms with Crippen LogP contribution >= 0.6 is 0 Å². The van der Waals surface area contributed by atoms with Gasteiger partial charge in [-0.2, -0.15) is 0 Å². The van der Waals surface area contributed by atoms with Gasteiger partial charge in [-0.1, -0.05) is 270 Å². The summed E-state index contributed by atoms with van der Waals surface area (Å²) in [6, 6.07) is 146. The molecule has 0 spiro atoms. The molecule has 0 bridgehead atoms. The fraction of sp³-hybridized carbons (Fsp3) is 0.0476. The van der Waals surface area contributed by atoms with Crippen molar-refractivity contribution in [3.05, 3.63) is 429 Å². The number of hydrogen-bond donors (Lipinski definition) is 0. The van der Waals surface area contributed by atoms with E-state index in [-0.39, 0.29) is 10.8 Å². The van der Waals surface area contributed by atoms with Crippen LogP contribution in [0.4, 0.5) is 0 Å². The first kappa shape index (κ1) is 75.4. The second kappa shape index (κ2) is 28.1. The molecule has 0 atom stereocenters. The molecular formula is C126H79N3O6.